The van der Waals surface area contributed by atoms with Crippen LogP contribution in [-0.2, 0) is 6.54 Å². The van der Waals surface area contributed by atoms with Crippen LogP contribution in [-0.4, -0.2) is 34.0 Å². The molecule has 2 N–H and O–H groups in total. The molecule has 2 aromatic heterocycles. The predicted molar refractivity (Wildman–Crippen MR) is 91.8 cm³/mol. The fourth-order valence-corrected chi connectivity index (χ4v) is 5.79. The molecule has 0 saturated heterocycles. The number of H-pyrrole nitrogens is 1. The molecule has 3 saturated carbocycles. The van der Waals surface area contributed by atoms with Crippen LogP contribution >= 0.6 is 11.3 Å². The quantitative estimate of drug-likeness (QED) is 0.896. The lowest BCUT2D eigenvalue weighted by atomic mass is 10.0. The lowest BCUT2D eigenvalue weighted by Gasteiger charge is -2.19. The molecule has 6 nitrogen and oxygen atoms in total. The highest BCUT2D eigenvalue weighted by Crippen LogP contribution is 2.65. The van der Waals surface area contributed by atoms with Crippen molar-refractivity contribution in [2.24, 2.45) is 23.7 Å². The third-order valence-electron chi connectivity index (χ3n) is 6.12. The first-order chi connectivity index (χ1) is 11.6. The molecule has 2 aromatic rings. The van der Waals surface area contributed by atoms with Crippen molar-refractivity contribution in [1.29, 1.82) is 0 Å². The van der Waals surface area contributed by atoms with Crippen LogP contribution in [0.15, 0.2) is 16.2 Å². The zero-order valence-electron chi connectivity index (χ0n) is 13.5. The molecule has 0 aromatic carbocycles. The van der Waals surface area contributed by atoms with Gasteiger partial charge in [-0.3, -0.25) is 4.79 Å². The van der Waals surface area contributed by atoms with E-state index in [-0.39, 0.29) is 11.6 Å². The van der Waals surface area contributed by atoms with Crippen LogP contribution in [0.4, 0.5) is 4.79 Å². The van der Waals surface area contributed by atoms with E-state index in [1.807, 2.05) is 11.4 Å². The van der Waals surface area contributed by atoms with Crippen molar-refractivity contribution >= 4 is 27.6 Å². The normalized spacial score (nSPS) is 32.8. The van der Waals surface area contributed by atoms with Crippen molar-refractivity contribution in [3.8, 4) is 0 Å². The van der Waals surface area contributed by atoms with Crippen LogP contribution in [0.2, 0.25) is 0 Å². The Kier molecular flexibility index (Phi) is 3.04. The average molecular weight is 344 g/mol. The van der Waals surface area contributed by atoms with E-state index in [1.54, 1.807) is 11.9 Å². The third kappa shape index (κ3) is 2.10. The number of hydrogen-bond acceptors (Lipinski definition) is 4. The summed E-state index contributed by atoms with van der Waals surface area (Å²) in [5.74, 6) is 3.66. The SMILES string of the molecule is CN(Cc1nc2ccsc2c(=O)[nH]1)C(=O)NC1[C@@H]2[C@H]3CC[C@@H](C3)[C@@H]12. The summed E-state index contributed by atoms with van der Waals surface area (Å²) in [5.41, 5.74) is 0.563. The topological polar surface area (TPSA) is 78.1 Å². The zero-order valence-corrected chi connectivity index (χ0v) is 14.3. The van der Waals surface area contributed by atoms with Crippen LogP contribution < -0.4 is 10.9 Å². The Balaban J connectivity index is 1.25. The highest BCUT2D eigenvalue weighted by molar-refractivity contribution is 7.17. The Morgan fingerprint density at radius 3 is 2.92 bits per heavy atom. The number of carbonyl (C=O) groups is 1. The summed E-state index contributed by atoms with van der Waals surface area (Å²) in [6.07, 6.45) is 4.07. The van der Waals surface area contributed by atoms with Gasteiger partial charge in [-0.05, 0) is 54.4 Å². The summed E-state index contributed by atoms with van der Waals surface area (Å²) in [7, 11) is 1.75. The average Bonchev–Trinajstić information content (AvgIpc) is 2.97. The van der Waals surface area contributed by atoms with Crippen molar-refractivity contribution in [2.75, 3.05) is 7.05 Å². The highest BCUT2D eigenvalue weighted by Gasteiger charge is 2.65. The maximum Gasteiger partial charge on any atom is 0.317 e. The van der Waals surface area contributed by atoms with Gasteiger partial charge in [-0.1, -0.05) is 0 Å². The molecule has 2 amide bonds. The molecule has 126 valence electrons. The van der Waals surface area contributed by atoms with E-state index in [0.29, 0.717) is 28.6 Å². The number of aromatic nitrogens is 2. The first-order valence-electron chi connectivity index (χ1n) is 8.60. The monoisotopic (exact) mass is 344 g/mol. The number of amides is 2. The summed E-state index contributed by atoms with van der Waals surface area (Å²) in [6, 6.07) is 2.14. The van der Waals surface area contributed by atoms with Crippen molar-refractivity contribution in [1.82, 2.24) is 20.2 Å². The van der Waals surface area contributed by atoms with Crippen molar-refractivity contribution in [3.05, 3.63) is 27.6 Å². The minimum Gasteiger partial charge on any atom is -0.335 e. The van der Waals surface area contributed by atoms with Crippen LogP contribution in [0, 0.1) is 23.7 Å². The van der Waals surface area contributed by atoms with Crippen LogP contribution in [0.1, 0.15) is 25.1 Å². The molecular weight excluding hydrogens is 324 g/mol. The third-order valence-corrected chi connectivity index (χ3v) is 7.03. The largest absolute Gasteiger partial charge is 0.335 e. The number of aromatic amines is 1. The molecule has 0 radical (unpaired) electrons. The van der Waals surface area contributed by atoms with Gasteiger partial charge in [0.1, 0.15) is 10.5 Å². The lowest BCUT2D eigenvalue weighted by molar-refractivity contribution is 0.203. The fraction of sp³-hybridized carbons (Fsp3) is 0.588. The van der Waals surface area contributed by atoms with Crippen LogP contribution in [0.3, 0.4) is 0 Å². The van der Waals surface area contributed by atoms with E-state index in [0.717, 1.165) is 23.7 Å². The summed E-state index contributed by atoms with van der Waals surface area (Å²) < 4.78 is 0.632. The number of nitrogens with zero attached hydrogens (tertiary/aromatic N) is 2. The number of carbonyl (C=O) groups excluding carboxylic acids is 1. The summed E-state index contributed by atoms with van der Waals surface area (Å²) >= 11 is 1.38. The highest BCUT2D eigenvalue weighted by atomic mass is 32.1. The van der Waals surface area contributed by atoms with E-state index in [9.17, 15) is 9.59 Å². The lowest BCUT2D eigenvalue weighted by Crippen LogP contribution is -2.40. The Hall–Kier alpha value is -1.89. The number of urea groups is 1. The van der Waals surface area contributed by atoms with Gasteiger partial charge in [0.25, 0.3) is 5.56 Å². The number of fused-ring (bicyclic) bond motifs is 6. The molecule has 7 heteroatoms. The Labute approximate surface area is 143 Å². The van der Waals surface area contributed by atoms with Gasteiger partial charge in [0.15, 0.2) is 0 Å². The minimum absolute atomic E-state index is 0.0677. The van der Waals surface area contributed by atoms with E-state index >= 15 is 0 Å². The standard InChI is InChI=1S/C17H20N4O2S/c1-21(7-11-18-10-4-5-24-15(10)16(22)19-11)17(23)20-14-12-8-2-3-9(6-8)13(12)14/h4-5,8-9,12-14H,2-3,6-7H2,1H3,(H,20,23)(H,18,19,22)/t8-,9-,12+,13+/m0/s1. The molecule has 3 aliphatic rings. The van der Waals surface area contributed by atoms with Crippen LogP contribution in [0.5, 0.6) is 0 Å². The molecule has 2 heterocycles. The van der Waals surface area contributed by atoms with Gasteiger partial charge < -0.3 is 15.2 Å². The summed E-state index contributed by atoms with van der Waals surface area (Å²) in [4.78, 5) is 33.3. The molecule has 0 aliphatic heterocycles. The maximum absolute atomic E-state index is 12.5. The molecule has 0 unspecified atom stereocenters. The number of hydrogen-bond donors (Lipinski definition) is 2. The second-order valence-electron chi connectivity index (χ2n) is 7.47. The van der Waals surface area contributed by atoms with E-state index < -0.39 is 0 Å². The number of nitrogens with one attached hydrogen (secondary N) is 2. The van der Waals surface area contributed by atoms with Gasteiger partial charge >= 0.3 is 6.03 Å². The Morgan fingerprint density at radius 2 is 2.17 bits per heavy atom. The molecule has 2 bridgehead atoms. The Morgan fingerprint density at radius 1 is 1.42 bits per heavy atom. The first kappa shape index (κ1) is 14.5. The second-order valence-corrected chi connectivity index (χ2v) is 8.38. The smallest absolute Gasteiger partial charge is 0.317 e. The fourth-order valence-electron chi connectivity index (χ4n) is 5.06. The van der Waals surface area contributed by atoms with Gasteiger partial charge in [0.05, 0.1) is 12.1 Å². The number of rotatable bonds is 3. The molecule has 5 rings (SSSR count). The zero-order chi connectivity index (χ0) is 16.4. The van der Waals surface area contributed by atoms with Crippen molar-refractivity contribution in [2.45, 2.75) is 31.8 Å². The van der Waals surface area contributed by atoms with Crippen molar-refractivity contribution in [3.63, 3.8) is 0 Å². The van der Waals surface area contributed by atoms with Crippen molar-refractivity contribution < 1.29 is 4.79 Å². The molecule has 0 spiro atoms. The Bertz CT molecular complexity index is 859. The van der Waals surface area contributed by atoms with E-state index in [2.05, 4.69) is 15.3 Å². The molecule has 3 aliphatic carbocycles. The molecule has 3 fully saturated rings. The van der Waals surface area contributed by atoms with Gasteiger partial charge in [-0.25, -0.2) is 9.78 Å². The van der Waals surface area contributed by atoms with Gasteiger partial charge in [-0.15, -0.1) is 11.3 Å². The van der Waals surface area contributed by atoms with E-state index in [4.69, 9.17) is 0 Å². The molecule has 4 atom stereocenters. The van der Waals surface area contributed by atoms with Gasteiger partial charge in [0.2, 0.25) is 0 Å². The van der Waals surface area contributed by atoms with Gasteiger partial charge in [-0.2, -0.15) is 0 Å². The van der Waals surface area contributed by atoms with Crippen LogP contribution in [0.25, 0.3) is 10.2 Å². The predicted octanol–water partition coefficient (Wildman–Crippen LogP) is 2.17. The maximum atomic E-state index is 12.5. The molecular formula is C17H20N4O2S. The van der Waals surface area contributed by atoms with E-state index in [1.165, 1.54) is 30.6 Å². The van der Waals surface area contributed by atoms with Gasteiger partial charge in [0, 0.05) is 13.1 Å². The summed E-state index contributed by atoms with van der Waals surface area (Å²) in [5, 5.41) is 5.05. The second kappa shape index (κ2) is 5.05. The minimum atomic E-state index is -0.132. The number of thiophene rings is 1. The molecule has 24 heavy (non-hydrogen) atoms. The first-order valence-corrected chi connectivity index (χ1v) is 9.48. The summed E-state index contributed by atoms with van der Waals surface area (Å²) in [6.45, 7) is 0.307.